The van der Waals surface area contributed by atoms with Gasteiger partial charge in [-0.3, -0.25) is 4.79 Å². The number of methoxy groups -OCH3 is 1. The molecule has 1 amide bonds. The SMILES string of the molecule is CCCCCCCCOC(=O)/C=C/C(=O)Nc1cc(Cl)ccc1OC. The Morgan fingerprint density at radius 2 is 1.84 bits per heavy atom. The van der Waals surface area contributed by atoms with E-state index in [0.29, 0.717) is 23.1 Å². The number of rotatable bonds is 11. The van der Waals surface area contributed by atoms with Crippen LogP contribution in [0.25, 0.3) is 0 Å². The minimum atomic E-state index is -0.526. The smallest absolute Gasteiger partial charge is 0.330 e. The number of ether oxygens (including phenoxy) is 2. The van der Waals surface area contributed by atoms with Crippen molar-refractivity contribution in [2.24, 2.45) is 0 Å². The van der Waals surface area contributed by atoms with Crippen LogP contribution in [0.4, 0.5) is 5.69 Å². The Labute approximate surface area is 154 Å². The van der Waals surface area contributed by atoms with Crippen LogP contribution >= 0.6 is 11.6 Å². The summed E-state index contributed by atoms with van der Waals surface area (Å²) in [5, 5.41) is 3.08. The van der Waals surface area contributed by atoms with Gasteiger partial charge in [0.2, 0.25) is 5.91 Å². The predicted octanol–water partition coefficient (Wildman–Crippen LogP) is 4.75. The first-order valence-electron chi connectivity index (χ1n) is 8.56. The second-order valence-electron chi connectivity index (χ2n) is 5.60. The van der Waals surface area contributed by atoms with Gasteiger partial charge in [0, 0.05) is 17.2 Å². The number of hydrogen-bond acceptors (Lipinski definition) is 4. The molecule has 0 heterocycles. The Hall–Kier alpha value is -2.01. The molecule has 0 fully saturated rings. The lowest BCUT2D eigenvalue weighted by Crippen LogP contribution is -2.10. The molecule has 1 aromatic rings. The highest BCUT2D eigenvalue weighted by molar-refractivity contribution is 6.31. The molecular weight excluding hydrogens is 342 g/mol. The van der Waals surface area contributed by atoms with E-state index >= 15 is 0 Å². The number of anilines is 1. The van der Waals surface area contributed by atoms with Crippen molar-refractivity contribution in [3.05, 3.63) is 35.4 Å². The summed E-state index contributed by atoms with van der Waals surface area (Å²) < 4.78 is 10.2. The predicted molar refractivity (Wildman–Crippen MR) is 100 cm³/mol. The fourth-order valence-corrected chi connectivity index (χ4v) is 2.37. The number of unbranched alkanes of at least 4 members (excludes halogenated alkanes) is 5. The fraction of sp³-hybridized carbons (Fsp3) is 0.474. The maximum absolute atomic E-state index is 11.9. The Bertz CT molecular complexity index is 587. The molecule has 138 valence electrons. The lowest BCUT2D eigenvalue weighted by molar-refractivity contribution is -0.138. The van der Waals surface area contributed by atoms with E-state index in [1.807, 2.05) is 0 Å². The number of amides is 1. The molecule has 1 aromatic carbocycles. The summed E-state index contributed by atoms with van der Waals surface area (Å²) in [6, 6.07) is 4.88. The molecule has 0 aliphatic rings. The minimum Gasteiger partial charge on any atom is -0.495 e. The second-order valence-corrected chi connectivity index (χ2v) is 6.04. The van der Waals surface area contributed by atoms with E-state index in [9.17, 15) is 9.59 Å². The molecule has 0 aromatic heterocycles. The van der Waals surface area contributed by atoms with Gasteiger partial charge in [-0.2, -0.15) is 0 Å². The van der Waals surface area contributed by atoms with E-state index in [4.69, 9.17) is 21.1 Å². The highest BCUT2D eigenvalue weighted by Gasteiger charge is 2.07. The monoisotopic (exact) mass is 367 g/mol. The first-order valence-corrected chi connectivity index (χ1v) is 8.94. The van der Waals surface area contributed by atoms with Crippen LogP contribution in [0.1, 0.15) is 45.4 Å². The lowest BCUT2D eigenvalue weighted by atomic mass is 10.1. The molecule has 0 spiro atoms. The number of carbonyl (C=O) groups is 2. The molecule has 0 atom stereocenters. The number of carbonyl (C=O) groups excluding carboxylic acids is 2. The standard InChI is InChI=1S/C19H26ClNO4/c1-3-4-5-6-7-8-13-25-19(23)12-11-18(22)21-16-14-15(20)9-10-17(16)24-2/h9-12,14H,3-8,13H2,1-2H3,(H,21,22)/b12-11+. The highest BCUT2D eigenvalue weighted by Crippen LogP contribution is 2.27. The third-order valence-electron chi connectivity index (χ3n) is 3.53. The first kappa shape index (κ1) is 21.0. The molecule has 1 N–H and O–H groups in total. The van der Waals surface area contributed by atoms with Crippen molar-refractivity contribution in [1.82, 2.24) is 0 Å². The Kier molecular flexibility index (Phi) is 10.4. The lowest BCUT2D eigenvalue weighted by Gasteiger charge is -2.08. The number of halogens is 1. The first-order chi connectivity index (χ1) is 12.1. The van der Waals surface area contributed by atoms with Crippen LogP contribution < -0.4 is 10.1 Å². The zero-order valence-electron chi connectivity index (χ0n) is 14.8. The summed E-state index contributed by atoms with van der Waals surface area (Å²) in [6.07, 6.45) is 8.97. The van der Waals surface area contributed by atoms with Crippen LogP contribution in [-0.2, 0) is 14.3 Å². The largest absolute Gasteiger partial charge is 0.495 e. The van der Waals surface area contributed by atoms with Gasteiger partial charge in [0.1, 0.15) is 5.75 Å². The van der Waals surface area contributed by atoms with E-state index in [0.717, 1.165) is 31.4 Å². The van der Waals surface area contributed by atoms with Crippen LogP contribution in [0.5, 0.6) is 5.75 Å². The number of hydrogen-bond donors (Lipinski definition) is 1. The summed E-state index contributed by atoms with van der Waals surface area (Å²) in [6.45, 7) is 2.55. The highest BCUT2D eigenvalue weighted by atomic mass is 35.5. The maximum atomic E-state index is 11.9. The molecule has 0 saturated carbocycles. The van der Waals surface area contributed by atoms with Crippen LogP contribution in [0.15, 0.2) is 30.4 Å². The van der Waals surface area contributed by atoms with Crippen molar-refractivity contribution in [3.63, 3.8) is 0 Å². The summed E-state index contributed by atoms with van der Waals surface area (Å²) >= 11 is 5.90. The van der Waals surface area contributed by atoms with Crippen molar-refractivity contribution in [3.8, 4) is 5.75 Å². The Balaban J connectivity index is 2.31. The van der Waals surface area contributed by atoms with E-state index in [1.54, 1.807) is 18.2 Å². The van der Waals surface area contributed by atoms with Gasteiger partial charge in [0.05, 0.1) is 19.4 Å². The normalized spacial score (nSPS) is 10.7. The van der Waals surface area contributed by atoms with Gasteiger partial charge in [-0.25, -0.2) is 4.79 Å². The van der Waals surface area contributed by atoms with Crippen molar-refractivity contribution >= 4 is 29.2 Å². The molecule has 25 heavy (non-hydrogen) atoms. The molecule has 0 saturated heterocycles. The fourth-order valence-electron chi connectivity index (χ4n) is 2.20. The zero-order chi connectivity index (χ0) is 18.5. The van der Waals surface area contributed by atoms with Gasteiger partial charge >= 0.3 is 5.97 Å². The van der Waals surface area contributed by atoms with Crippen LogP contribution in [0.3, 0.4) is 0 Å². The van der Waals surface area contributed by atoms with Crippen molar-refractivity contribution < 1.29 is 19.1 Å². The third kappa shape index (κ3) is 9.15. The van der Waals surface area contributed by atoms with E-state index in [-0.39, 0.29) is 0 Å². The number of esters is 1. The molecule has 0 unspecified atom stereocenters. The van der Waals surface area contributed by atoms with Crippen LogP contribution in [-0.4, -0.2) is 25.6 Å². The van der Waals surface area contributed by atoms with Gasteiger partial charge in [0.15, 0.2) is 0 Å². The average Bonchev–Trinajstić information content (AvgIpc) is 2.59. The van der Waals surface area contributed by atoms with Crippen molar-refractivity contribution in [1.29, 1.82) is 0 Å². The molecule has 1 rings (SSSR count). The second kappa shape index (κ2) is 12.4. The van der Waals surface area contributed by atoms with E-state index < -0.39 is 11.9 Å². The topological polar surface area (TPSA) is 64.6 Å². The van der Waals surface area contributed by atoms with Crippen molar-refractivity contribution in [2.45, 2.75) is 45.4 Å². The molecule has 0 aliphatic heterocycles. The third-order valence-corrected chi connectivity index (χ3v) is 3.77. The summed E-state index contributed by atoms with van der Waals surface area (Å²) in [5.74, 6) is -0.504. The Morgan fingerprint density at radius 1 is 1.12 bits per heavy atom. The molecule has 0 aliphatic carbocycles. The van der Waals surface area contributed by atoms with Gasteiger partial charge in [-0.1, -0.05) is 50.6 Å². The number of benzene rings is 1. The van der Waals surface area contributed by atoms with Gasteiger partial charge in [-0.15, -0.1) is 0 Å². The quantitative estimate of drug-likeness (QED) is 0.348. The van der Waals surface area contributed by atoms with Gasteiger partial charge in [0.25, 0.3) is 0 Å². The molecule has 6 heteroatoms. The summed E-state index contributed by atoms with van der Waals surface area (Å²) in [4.78, 5) is 23.4. The molecular formula is C19H26ClNO4. The summed E-state index contributed by atoms with van der Waals surface area (Å²) in [5.41, 5.74) is 0.435. The average molecular weight is 368 g/mol. The number of nitrogens with one attached hydrogen (secondary N) is 1. The van der Waals surface area contributed by atoms with E-state index in [2.05, 4.69) is 12.2 Å². The van der Waals surface area contributed by atoms with Gasteiger partial charge in [-0.05, 0) is 24.6 Å². The van der Waals surface area contributed by atoms with Crippen LogP contribution in [0.2, 0.25) is 5.02 Å². The van der Waals surface area contributed by atoms with Crippen molar-refractivity contribution in [2.75, 3.05) is 19.0 Å². The minimum absolute atomic E-state index is 0.374. The van der Waals surface area contributed by atoms with Crippen LogP contribution in [0, 0.1) is 0 Å². The van der Waals surface area contributed by atoms with E-state index in [1.165, 1.54) is 26.4 Å². The summed E-state index contributed by atoms with van der Waals surface area (Å²) in [7, 11) is 1.49. The zero-order valence-corrected chi connectivity index (χ0v) is 15.6. The van der Waals surface area contributed by atoms with Gasteiger partial charge < -0.3 is 14.8 Å². The molecule has 0 radical (unpaired) electrons. The Morgan fingerprint density at radius 3 is 2.56 bits per heavy atom. The molecule has 0 bridgehead atoms. The maximum Gasteiger partial charge on any atom is 0.330 e. The molecule has 5 nitrogen and oxygen atoms in total.